The van der Waals surface area contributed by atoms with Gasteiger partial charge in [-0.2, -0.15) is 0 Å². The zero-order chi connectivity index (χ0) is 36.1. The lowest BCUT2D eigenvalue weighted by Crippen LogP contribution is -2.57. The van der Waals surface area contributed by atoms with Gasteiger partial charge in [0.15, 0.2) is 6.29 Å². The normalized spacial score (nSPS) is 12.4. The predicted molar refractivity (Wildman–Crippen MR) is 179 cm³/mol. The SMILES string of the molecule is COc1cc(OC(F)(F)F)ccc1-c1cc(CNC(NC(=O)OC(C)(C)C)NC(=O)OC(C)(C)C)cc(-c2ccc(C(C)(C)C)cc2)c1. The predicted octanol–water partition coefficient (Wildman–Crippen LogP) is 8.65. The quantitative estimate of drug-likeness (QED) is 0.195. The molecule has 0 radical (unpaired) electrons. The lowest BCUT2D eigenvalue weighted by atomic mass is 9.86. The van der Waals surface area contributed by atoms with Gasteiger partial charge in [-0.25, -0.2) is 9.59 Å². The molecule has 0 heterocycles. The van der Waals surface area contributed by atoms with E-state index in [1.165, 1.54) is 25.3 Å². The van der Waals surface area contributed by atoms with Gasteiger partial charge >= 0.3 is 18.5 Å². The van der Waals surface area contributed by atoms with Gasteiger partial charge in [0.05, 0.1) is 7.11 Å². The van der Waals surface area contributed by atoms with Crippen LogP contribution in [0.4, 0.5) is 22.8 Å². The van der Waals surface area contributed by atoms with Crippen molar-refractivity contribution < 1.29 is 41.7 Å². The summed E-state index contributed by atoms with van der Waals surface area (Å²) in [7, 11) is 1.36. The molecule has 3 rings (SSSR count). The number of hydrogen-bond donors (Lipinski definition) is 3. The van der Waals surface area contributed by atoms with Crippen LogP contribution in [0.15, 0.2) is 60.7 Å². The van der Waals surface area contributed by atoms with Crippen LogP contribution >= 0.6 is 0 Å². The molecule has 262 valence electrons. The van der Waals surface area contributed by atoms with Crippen LogP contribution in [0.3, 0.4) is 0 Å². The van der Waals surface area contributed by atoms with E-state index in [2.05, 4.69) is 53.6 Å². The van der Waals surface area contributed by atoms with Crippen molar-refractivity contribution in [3.8, 4) is 33.8 Å². The zero-order valence-electron chi connectivity index (χ0n) is 29.1. The van der Waals surface area contributed by atoms with Crippen molar-refractivity contribution in [2.75, 3.05) is 7.11 Å². The first kappa shape index (κ1) is 38.0. The molecule has 0 spiro atoms. The molecule has 0 fully saturated rings. The van der Waals surface area contributed by atoms with Gasteiger partial charge in [-0.15, -0.1) is 13.2 Å². The van der Waals surface area contributed by atoms with Gasteiger partial charge in [-0.05, 0) is 105 Å². The van der Waals surface area contributed by atoms with E-state index in [-0.39, 0.29) is 17.7 Å². The number of methoxy groups -OCH3 is 1. The topological polar surface area (TPSA) is 107 Å². The Morgan fingerprint density at radius 1 is 0.708 bits per heavy atom. The van der Waals surface area contributed by atoms with E-state index in [4.69, 9.17) is 14.2 Å². The summed E-state index contributed by atoms with van der Waals surface area (Å²) < 4.78 is 59.1. The Kier molecular flexibility index (Phi) is 11.7. The largest absolute Gasteiger partial charge is 0.573 e. The molecule has 0 aliphatic heterocycles. The molecule has 0 atom stereocenters. The molecule has 3 aromatic carbocycles. The molecular weight excluding hydrogens is 627 g/mol. The molecule has 0 bridgehead atoms. The maximum absolute atomic E-state index is 12.9. The van der Waals surface area contributed by atoms with Crippen LogP contribution in [0.1, 0.15) is 73.4 Å². The first-order chi connectivity index (χ1) is 22.0. The smallest absolute Gasteiger partial charge is 0.496 e. The van der Waals surface area contributed by atoms with E-state index in [1.54, 1.807) is 41.5 Å². The monoisotopic (exact) mass is 673 g/mol. The first-order valence-electron chi connectivity index (χ1n) is 15.4. The van der Waals surface area contributed by atoms with E-state index < -0.39 is 41.8 Å². The van der Waals surface area contributed by atoms with Gasteiger partial charge < -0.3 is 18.9 Å². The van der Waals surface area contributed by atoms with E-state index in [1.807, 2.05) is 30.3 Å². The highest BCUT2D eigenvalue weighted by molar-refractivity contribution is 5.78. The lowest BCUT2D eigenvalue weighted by molar-refractivity contribution is -0.274. The standard InChI is InChI=1S/C36H46F3N3O6/c1-33(2,3)26-13-11-23(12-14-26)24-17-22(18-25(19-24)28-16-15-27(20-29(28)45-10)46-36(37,38)39)21-40-30(41-31(43)47-34(4,5)6)42-32(44)48-35(7,8)9/h11-20,30,40H,21H2,1-10H3,(H,41,43)(H,42,44). The number of carbonyl (C=O) groups excluding carboxylic acids is 2. The second-order valence-corrected chi connectivity index (χ2v) is 14.3. The van der Waals surface area contributed by atoms with Crippen LogP contribution in [-0.2, 0) is 21.4 Å². The van der Waals surface area contributed by atoms with E-state index in [0.29, 0.717) is 11.1 Å². The van der Waals surface area contributed by atoms with Gasteiger partial charge in [0.25, 0.3) is 0 Å². The van der Waals surface area contributed by atoms with Crippen molar-refractivity contribution in [1.29, 1.82) is 0 Å². The molecule has 2 amide bonds. The zero-order valence-corrected chi connectivity index (χ0v) is 29.1. The van der Waals surface area contributed by atoms with Crippen LogP contribution in [-0.4, -0.2) is 43.2 Å². The Morgan fingerprint density at radius 2 is 1.25 bits per heavy atom. The van der Waals surface area contributed by atoms with Crippen molar-refractivity contribution in [1.82, 2.24) is 16.0 Å². The average Bonchev–Trinajstić information content (AvgIpc) is 2.92. The fourth-order valence-electron chi connectivity index (χ4n) is 4.59. The fraction of sp³-hybridized carbons (Fsp3) is 0.444. The summed E-state index contributed by atoms with van der Waals surface area (Å²) in [5, 5.41) is 8.33. The number of rotatable bonds is 9. The summed E-state index contributed by atoms with van der Waals surface area (Å²) in [6.07, 6.45) is -7.49. The summed E-state index contributed by atoms with van der Waals surface area (Å²) in [6, 6.07) is 17.7. The van der Waals surface area contributed by atoms with Crippen LogP contribution in [0, 0.1) is 0 Å². The van der Waals surface area contributed by atoms with Crippen LogP contribution in [0.25, 0.3) is 22.3 Å². The van der Waals surface area contributed by atoms with Crippen molar-refractivity contribution in [2.24, 2.45) is 0 Å². The molecule has 48 heavy (non-hydrogen) atoms. The van der Waals surface area contributed by atoms with Gasteiger partial charge in [0, 0.05) is 18.2 Å². The average molecular weight is 674 g/mol. The molecule has 0 saturated carbocycles. The molecule has 3 N–H and O–H groups in total. The third kappa shape index (κ3) is 12.3. The van der Waals surface area contributed by atoms with E-state index in [0.717, 1.165) is 22.3 Å². The van der Waals surface area contributed by atoms with Gasteiger partial charge in [0.1, 0.15) is 22.7 Å². The Balaban J connectivity index is 2.04. The number of halogens is 3. The highest BCUT2D eigenvalue weighted by Gasteiger charge is 2.31. The van der Waals surface area contributed by atoms with E-state index >= 15 is 0 Å². The van der Waals surface area contributed by atoms with E-state index in [9.17, 15) is 22.8 Å². The minimum absolute atomic E-state index is 0.0552. The number of carbonyl (C=O) groups is 2. The van der Waals surface area contributed by atoms with Crippen molar-refractivity contribution in [2.45, 2.75) is 98.1 Å². The highest BCUT2D eigenvalue weighted by Crippen LogP contribution is 2.38. The summed E-state index contributed by atoms with van der Waals surface area (Å²) in [5.41, 5.74) is 3.14. The Bertz CT molecular complexity index is 1540. The Labute approximate surface area is 280 Å². The molecule has 3 aromatic rings. The maximum atomic E-state index is 12.9. The third-order valence-corrected chi connectivity index (χ3v) is 6.63. The minimum atomic E-state index is -4.86. The molecule has 0 aromatic heterocycles. The van der Waals surface area contributed by atoms with Gasteiger partial charge in [0.2, 0.25) is 0 Å². The summed E-state index contributed by atoms with van der Waals surface area (Å²) >= 11 is 0. The molecule has 0 aliphatic rings. The summed E-state index contributed by atoms with van der Waals surface area (Å²) in [6.45, 7) is 16.8. The summed E-state index contributed by atoms with van der Waals surface area (Å²) in [5.74, 6) is -0.241. The number of ether oxygens (including phenoxy) is 4. The lowest BCUT2D eigenvalue weighted by Gasteiger charge is -2.26. The van der Waals surface area contributed by atoms with Crippen molar-refractivity contribution in [3.05, 3.63) is 71.8 Å². The molecule has 0 aliphatic carbocycles. The molecular formula is C36H46F3N3O6. The van der Waals surface area contributed by atoms with Gasteiger partial charge in [-0.3, -0.25) is 16.0 Å². The van der Waals surface area contributed by atoms with Gasteiger partial charge in [-0.1, -0.05) is 45.0 Å². The number of alkyl halides is 3. The number of hydrogen-bond acceptors (Lipinski definition) is 7. The molecule has 9 nitrogen and oxygen atoms in total. The number of alkyl carbamates (subject to hydrolysis) is 2. The molecule has 0 saturated heterocycles. The Hall–Kier alpha value is -4.45. The van der Waals surface area contributed by atoms with Crippen molar-refractivity contribution in [3.63, 3.8) is 0 Å². The van der Waals surface area contributed by atoms with Crippen molar-refractivity contribution >= 4 is 12.2 Å². The number of nitrogens with one attached hydrogen (secondary N) is 3. The van der Waals surface area contributed by atoms with Crippen LogP contribution in [0.5, 0.6) is 11.5 Å². The molecule has 12 heteroatoms. The van der Waals surface area contributed by atoms with Crippen LogP contribution in [0.2, 0.25) is 0 Å². The highest BCUT2D eigenvalue weighted by atomic mass is 19.4. The maximum Gasteiger partial charge on any atom is 0.573 e. The Morgan fingerprint density at radius 3 is 1.73 bits per heavy atom. The fourth-order valence-corrected chi connectivity index (χ4v) is 4.59. The first-order valence-corrected chi connectivity index (χ1v) is 15.4. The number of benzene rings is 3. The second kappa shape index (κ2) is 14.8. The van der Waals surface area contributed by atoms with Crippen LogP contribution < -0.4 is 25.4 Å². The number of amides is 2. The second-order valence-electron chi connectivity index (χ2n) is 14.3. The summed E-state index contributed by atoms with van der Waals surface area (Å²) in [4.78, 5) is 25.3. The third-order valence-electron chi connectivity index (χ3n) is 6.63. The molecule has 0 unspecified atom stereocenters. The minimum Gasteiger partial charge on any atom is -0.496 e.